The third kappa shape index (κ3) is 7.78. The topological polar surface area (TPSA) is 106 Å². The normalized spacial score (nSPS) is 21.6. The highest BCUT2D eigenvalue weighted by molar-refractivity contribution is 5.76. The molecule has 4 fully saturated rings. The summed E-state index contributed by atoms with van der Waals surface area (Å²) < 4.78 is 26.6. The predicted octanol–water partition coefficient (Wildman–Crippen LogP) is 6.82. The van der Waals surface area contributed by atoms with Crippen molar-refractivity contribution in [1.82, 2.24) is 20.2 Å². The van der Waals surface area contributed by atoms with Gasteiger partial charge in [0.15, 0.2) is 11.6 Å². The quantitative estimate of drug-likeness (QED) is 0.190. The molecule has 2 aliphatic carbocycles. The number of carbonyl (C=O) groups is 1. The number of nitrogens with zero attached hydrogens (tertiary/aromatic N) is 4. The average molecular weight is 667 g/mol. The number of nitrogens with one attached hydrogen (secondary N) is 1. The smallest absolute Gasteiger partial charge is 0.407 e. The predicted molar refractivity (Wildman–Crippen MR) is 188 cm³/mol. The molecule has 2 aromatic carbocycles. The molecule has 3 aromatic rings. The molecule has 49 heavy (non-hydrogen) atoms. The largest absolute Gasteiger partial charge is 0.451 e. The molecular formula is C39H47FN6O3. The highest BCUT2D eigenvalue weighted by Crippen LogP contribution is 2.48. The summed E-state index contributed by atoms with van der Waals surface area (Å²) in [6.07, 6.45) is 10.7. The van der Waals surface area contributed by atoms with Gasteiger partial charge in [0.2, 0.25) is 0 Å². The number of ether oxygens (including phenoxy) is 2. The lowest BCUT2D eigenvalue weighted by molar-refractivity contribution is -0.0258. The first-order valence-corrected chi connectivity index (χ1v) is 17.7. The van der Waals surface area contributed by atoms with Crippen molar-refractivity contribution in [3.63, 3.8) is 0 Å². The third-order valence-corrected chi connectivity index (χ3v) is 10.3. The molecule has 0 unspecified atom stereocenters. The monoisotopic (exact) mass is 666 g/mol. The Morgan fingerprint density at radius 1 is 1.02 bits per heavy atom. The maximum atomic E-state index is 14.7. The van der Waals surface area contributed by atoms with E-state index in [0.717, 1.165) is 93.8 Å². The molecule has 1 aromatic heterocycles. The minimum absolute atomic E-state index is 0.216. The molecule has 3 N–H and O–H groups in total. The minimum atomic E-state index is -0.471. The van der Waals surface area contributed by atoms with Crippen LogP contribution in [0.25, 0.3) is 11.1 Å². The van der Waals surface area contributed by atoms with E-state index in [0.29, 0.717) is 28.9 Å². The van der Waals surface area contributed by atoms with Crippen molar-refractivity contribution in [3.05, 3.63) is 65.9 Å². The zero-order valence-corrected chi connectivity index (χ0v) is 28.8. The molecular weight excluding hydrogens is 619 g/mol. The number of benzene rings is 2. The van der Waals surface area contributed by atoms with Crippen molar-refractivity contribution >= 4 is 11.9 Å². The Kier molecular flexibility index (Phi) is 9.14. The first-order valence-electron chi connectivity index (χ1n) is 17.7. The summed E-state index contributed by atoms with van der Waals surface area (Å²) in [7, 11) is 0. The first kappa shape index (κ1) is 33.2. The van der Waals surface area contributed by atoms with Crippen molar-refractivity contribution in [2.75, 3.05) is 37.6 Å². The van der Waals surface area contributed by atoms with Gasteiger partial charge >= 0.3 is 6.09 Å². The zero-order valence-electron chi connectivity index (χ0n) is 28.8. The van der Waals surface area contributed by atoms with E-state index in [1.54, 1.807) is 24.7 Å². The minimum Gasteiger partial charge on any atom is -0.451 e. The molecule has 4 aliphatic rings. The lowest BCUT2D eigenvalue weighted by atomic mass is 9.72. The SMILES string of the molecule is CC(C)(C)OC(=O)NC1CCC(CCN2CC3(C2)CN(c2ncncc2Oc2ccc(F)cc2-c2ccc(C#CN)cc2C2CC2)C3)CC1. The molecule has 258 valence electrons. The number of alkyl carbamates (subject to hydrolysis) is 1. The molecule has 0 atom stereocenters. The summed E-state index contributed by atoms with van der Waals surface area (Å²) in [4.78, 5) is 25.9. The maximum Gasteiger partial charge on any atom is 0.407 e. The van der Waals surface area contributed by atoms with Crippen molar-refractivity contribution in [2.45, 2.75) is 83.3 Å². The number of rotatable bonds is 9. The van der Waals surface area contributed by atoms with E-state index in [-0.39, 0.29) is 23.4 Å². The highest BCUT2D eigenvalue weighted by atomic mass is 19.1. The van der Waals surface area contributed by atoms with E-state index in [4.69, 9.17) is 15.2 Å². The summed E-state index contributed by atoms with van der Waals surface area (Å²) in [5.74, 6) is 5.65. The van der Waals surface area contributed by atoms with Crippen molar-refractivity contribution in [3.8, 4) is 34.6 Å². The van der Waals surface area contributed by atoms with Crippen LogP contribution in [0.5, 0.6) is 11.5 Å². The fourth-order valence-corrected chi connectivity index (χ4v) is 7.85. The van der Waals surface area contributed by atoms with Crippen LogP contribution in [-0.4, -0.2) is 65.3 Å². The van der Waals surface area contributed by atoms with Crippen molar-refractivity contribution in [1.29, 1.82) is 0 Å². The van der Waals surface area contributed by atoms with Gasteiger partial charge in [-0.2, -0.15) is 0 Å². The summed E-state index contributed by atoms with van der Waals surface area (Å²) >= 11 is 0. The van der Waals surface area contributed by atoms with Gasteiger partial charge < -0.3 is 30.3 Å². The van der Waals surface area contributed by atoms with Gasteiger partial charge in [0, 0.05) is 54.8 Å². The number of carbonyl (C=O) groups excluding carboxylic acids is 1. The van der Waals surface area contributed by atoms with Crippen LogP contribution >= 0.6 is 0 Å². The molecule has 2 saturated heterocycles. The van der Waals surface area contributed by atoms with Gasteiger partial charge in [-0.05, 0) is 131 Å². The van der Waals surface area contributed by atoms with Crippen LogP contribution in [0.1, 0.15) is 82.8 Å². The second-order valence-electron chi connectivity index (χ2n) is 15.5. The highest BCUT2D eigenvalue weighted by Gasteiger charge is 2.52. The van der Waals surface area contributed by atoms with Gasteiger partial charge in [0.1, 0.15) is 23.5 Å². The molecule has 2 saturated carbocycles. The number of hydrogen-bond acceptors (Lipinski definition) is 8. The maximum absolute atomic E-state index is 14.7. The van der Waals surface area contributed by atoms with E-state index in [9.17, 15) is 9.18 Å². The average Bonchev–Trinajstić information content (AvgIpc) is 3.87. The van der Waals surface area contributed by atoms with Crippen LogP contribution in [0.4, 0.5) is 15.0 Å². The Balaban J connectivity index is 0.930. The number of anilines is 1. The number of nitrogens with two attached hydrogens (primary N) is 1. The molecule has 0 bridgehead atoms. The molecule has 10 heteroatoms. The molecule has 0 radical (unpaired) electrons. The molecule has 1 amide bonds. The summed E-state index contributed by atoms with van der Waals surface area (Å²) in [6, 6.07) is 13.4. The van der Waals surface area contributed by atoms with Crippen LogP contribution in [0.3, 0.4) is 0 Å². The van der Waals surface area contributed by atoms with Gasteiger partial charge in [-0.15, -0.1) is 0 Å². The van der Waals surface area contributed by atoms with E-state index in [1.807, 2.05) is 32.9 Å². The van der Waals surface area contributed by atoms with Crippen LogP contribution in [0.2, 0.25) is 0 Å². The number of amides is 1. The third-order valence-electron chi connectivity index (χ3n) is 10.3. The fourth-order valence-electron chi connectivity index (χ4n) is 7.85. The van der Waals surface area contributed by atoms with E-state index < -0.39 is 5.60 Å². The van der Waals surface area contributed by atoms with Crippen LogP contribution < -0.4 is 20.7 Å². The van der Waals surface area contributed by atoms with Crippen molar-refractivity contribution < 1.29 is 18.7 Å². The molecule has 1 spiro atoms. The Morgan fingerprint density at radius 2 is 1.80 bits per heavy atom. The lowest BCUT2D eigenvalue weighted by Crippen LogP contribution is -2.72. The number of likely N-dealkylation sites (tertiary alicyclic amines) is 1. The summed E-state index contributed by atoms with van der Waals surface area (Å²) in [5, 5.41) is 3.05. The number of halogens is 1. The Bertz CT molecular complexity index is 1740. The standard InChI is InChI=1S/C39H47FN6O3/c1-38(2,3)49-37(47)44-30-10-4-26(5-11-30)15-17-45-21-39(22-45)23-46(24-39)36-35(20-42-25-43-36)48-34-13-9-29(40)19-33(34)31-12-6-27(14-16-41)18-32(31)28-7-8-28/h6,9,12-13,18-20,25-26,28,30H,4-5,7-8,10-11,15,17,21-24,41H2,1-3H3,(H,44,47). The Labute approximate surface area is 288 Å². The molecule has 2 aliphatic heterocycles. The van der Waals surface area contributed by atoms with E-state index in [1.165, 1.54) is 12.5 Å². The van der Waals surface area contributed by atoms with Crippen molar-refractivity contribution in [2.24, 2.45) is 17.1 Å². The summed E-state index contributed by atoms with van der Waals surface area (Å²) in [5.41, 5.74) is 8.93. The molecule has 3 heterocycles. The van der Waals surface area contributed by atoms with Gasteiger partial charge in [0.25, 0.3) is 0 Å². The number of hydrogen-bond donors (Lipinski definition) is 2. The molecule has 7 rings (SSSR count). The molecule has 9 nitrogen and oxygen atoms in total. The Hall–Kier alpha value is -4.36. The van der Waals surface area contributed by atoms with Crippen LogP contribution in [0.15, 0.2) is 48.9 Å². The first-order chi connectivity index (χ1) is 23.6. The van der Waals surface area contributed by atoms with Crippen LogP contribution in [0, 0.1) is 29.1 Å². The second-order valence-corrected chi connectivity index (χ2v) is 15.5. The van der Waals surface area contributed by atoms with Crippen LogP contribution in [-0.2, 0) is 4.74 Å². The van der Waals surface area contributed by atoms with Gasteiger partial charge in [0.05, 0.1) is 6.20 Å². The van der Waals surface area contributed by atoms with E-state index in [2.05, 4.69) is 43.1 Å². The van der Waals surface area contributed by atoms with Gasteiger partial charge in [-0.25, -0.2) is 19.2 Å². The lowest BCUT2D eigenvalue weighted by Gasteiger charge is -2.61. The second kappa shape index (κ2) is 13.5. The van der Waals surface area contributed by atoms with Gasteiger partial charge in [-0.3, -0.25) is 0 Å². The zero-order chi connectivity index (χ0) is 34.2. The Morgan fingerprint density at radius 3 is 2.51 bits per heavy atom. The number of aromatic nitrogens is 2. The van der Waals surface area contributed by atoms with E-state index >= 15 is 0 Å². The summed E-state index contributed by atoms with van der Waals surface area (Å²) in [6.45, 7) is 10.8. The van der Waals surface area contributed by atoms with Gasteiger partial charge in [-0.1, -0.05) is 6.07 Å². The fraction of sp³-hybridized carbons (Fsp3) is 0.513.